The number of benzene rings is 1. The van der Waals surface area contributed by atoms with E-state index in [1.54, 1.807) is 20.1 Å². The molecule has 0 saturated carbocycles. The number of rotatable bonds is 4. The molecule has 1 aliphatic rings. The molecule has 2 heterocycles. The number of aromatic nitrogens is 2. The van der Waals surface area contributed by atoms with Gasteiger partial charge in [0, 0.05) is 24.7 Å². The molecule has 27 heavy (non-hydrogen) atoms. The van der Waals surface area contributed by atoms with E-state index in [1.165, 1.54) is 10.7 Å². The Kier molecular flexibility index (Phi) is 5.63. The van der Waals surface area contributed by atoms with Crippen LogP contribution in [0.15, 0.2) is 41.2 Å². The minimum Gasteiger partial charge on any atom is -0.497 e. The minimum atomic E-state index is -0.631. The van der Waals surface area contributed by atoms with E-state index in [1.807, 2.05) is 29.2 Å². The molecule has 1 aromatic heterocycles. The third-order valence-electron chi connectivity index (χ3n) is 5.12. The highest BCUT2D eigenvalue weighted by molar-refractivity contribution is 5.80. The summed E-state index contributed by atoms with van der Waals surface area (Å²) in [5.41, 5.74) is 1.24. The third kappa shape index (κ3) is 4.21. The van der Waals surface area contributed by atoms with Gasteiger partial charge in [-0.25, -0.2) is 4.68 Å². The summed E-state index contributed by atoms with van der Waals surface area (Å²) in [5.74, 6) is 1.65. The first kappa shape index (κ1) is 19.1. The molecule has 2 aromatic rings. The Morgan fingerprint density at radius 1 is 1.11 bits per heavy atom. The fourth-order valence-corrected chi connectivity index (χ4v) is 3.83. The standard InChI is InChI=1S/C21H27N3O3/c1-14-11-15(2)13-23(12-14)21(26)16(3)24-20(25)10-9-19(22-24)17-5-7-18(27-4)8-6-17/h5-10,14-16H,11-13H2,1-4H3. The molecule has 3 rings (SSSR count). The van der Waals surface area contributed by atoms with E-state index in [-0.39, 0.29) is 11.5 Å². The quantitative estimate of drug-likeness (QED) is 0.831. The number of hydrogen-bond donors (Lipinski definition) is 0. The summed E-state index contributed by atoms with van der Waals surface area (Å²) in [4.78, 5) is 27.2. The Morgan fingerprint density at radius 3 is 2.33 bits per heavy atom. The molecule has 0 spiro atoms. The number of hydrogen-bond acceptors (Lipinski definition) is 4. The Hall–Kier alpha value is -2.63. The average molecular weight is 369 g/mol. The number of ether oxygens (including phenoxy) is 1. The van der Waals surface area contributed by atoms with Crippen LogP contribution in [0.3, 0.4) is 0 Å². The number of likely N-dealkylation sites (tertiary alicyclic amines) is 1. The van der Waals surface area contributed by atoms with Gasteiger partial charge in [0.1, 0.15) is 11.8 Å². The molecule has 0 N–H and O–H groups in total. The summed E-state index contributed by atoms with van der Waals surface area (Å²) in [6.07, 6.45) is 1.13. The molecule has 3 unspecified atom stereocenters. The van der Waals surface area contributed by atoms with E-state index in [0.717, 1.165) is 30.8 Å². The third-order valence-corrected chi connectivity index (χ3v) is 5.12. The second-order valence-corrected chi connectivity index (χ2v) is 7.60. The molecular formula is C21H27N3O3. The van der Waals surface area contributed by atoms with Gasteiger partial charge in [0.25, 0.3) is 5.56 Å². The van der Waals surface area contributed by atoms with Crippen molar-refractivity contribution in [1.29, 1.82) is 0 Å². The van der Waals surface area contributed by atoms with Crippen LogP contribution in [0.2, 0.25) is 0 Å². The van der Waals surface area contributed by atoms with Crippen molar-refractivity contribution in [3.63, 3.8) is 0 Å². The molecule has 1 saturated heterocycles. The van der Waals surface area contributed by atoms with Gasteiger partial charge >= 0.3 is 0 Å². The predicted octanol–water partition coefficient (Wildman–Crippen LogP) is 2.98. The predicted molar refractivity (Wildman–Crippen MR) is 105 cm³/mol. The van der Waals surface area contributed by atoms with E-state index < -0.39 is 6.04 Å². The van der Waals surface area contributed by atoms with Crippen LogP contribution in [0.1, 0.15) is 33.2 Å². The Balaban J connectivity index is 1.86. The van der Waals surface area contributed by atoms with Crippen LogP contribution in [-0.2, 0) is 4.79 Å². The molecule has 1 aromatic carbocycles. The van der Waals surface area contributed by atoms with Gasteiger partial charge in [-0.3, -0.25) is 9.59 Å². The molecular weight excluding hydrogens is 342 g/mol. The van der Waals surface area contributed by atoms with Gasteiger partial charge in [0.15, 0.2) is 0 Å². The first-order chi connectivity index (χ1) is 12.9. The normalized spacial score (nSPS) is 21.0. The van der Waals surface area contributed by atoms with E-state index in [9.17, 15) is 9.59 Å². The van der Waals surface area contributed by atoms with Crippen molar-refractivity contribution in [2.75, 3.05) is 20.2 Å². The summed E-state index contributed by atoms with van der Waals surface area (Å²) in [6.45, 7) is 7.55. The second-order valence-electron chi connectivity index (χ2n) is 7.60. The van der Waals surface area contributed by atoms with Crippen molar-refractivity contribution in [2.24, 2.45) is 11.8 Å². The summed E-state index contributed by atoms with van der Waals surface area (Å²) in [7, 11) is 1.61. The smallest absolute Gasteiger partial charge is 0.267 e. The summed E-state index contributed by atoms with van der Waals surface area (Å²) >= 11 is 0. The first-order valence-corrected chi connectivity index (χ1v) is 9.42. The van der Waals surface area contributed by atoms with Gasteiger partial charge in [-0.1, -0.05) is 13.8 Å². The molecule has 6 nitrogen and oxygen atoms in total. The highest BCUT2D eigenvalue weighted by Gasteiger charge is 2.29. The number of carbonyl (C=O) groups excluding carboxylic acids is 1. The maximum Gasteiger partial charge on any atom is 0.267 e. The van der Waals surface area contributed by atoms with Crippen LogP contribution < -0.4 is 10.3 Å². The van der Waals surface area contributed by atoms with Crippen molar-refractivity contribution in [3.8, 4) is 17.0 Å². The number of methoxy groups -OCH3 is 1. The van der Waals surface area contributed by atoms with Crippen LogP contribution in [0.4, 0.5) is 0 Å². The molecule has 3 atom stereocenters. The van der Waals surface area contributed by atoms with Gasteiger partial charge in [0.05, 0.1) is 12.8 Å². The highest BCUT2D eigenvalue weighted by atomic mass is 16.5. The topological polar surface area (TPSA) is 64.4 Å². The molecule has 1 fully saturated rings. The largest absolute Gasteiger partial charge is 0.497 e. The van der Waals surface area contributed by atoms with Crippen LogP contribution in [0.25, 0.3) is 11.3 Å². The second kappa shape index (κ2) is 7.94. The zero-order valence-corrected chi connectivity index (χ0v) is 16.4. The van der Waals surface area contributed by atoms with Crippen molar-refractivity contribution in [1.82, 2.24) is 14.7 Å². The van der Waals surface area contributed by atoms with Crippen LogP contribution in [-0.4, -0.2) is 40.8 Å². The lowest BCUT2D eigenvalue weighted by molar-refractivity contribution is -0.137. The molecule has 0 bridgehead atoms. The summed E-state index contributed by atoms with van der Waals surface area (Å²) < 4.78 is 6.47. The van der Waals surface area contributed by atoms with Crippen molar-refractivity contribution in [3.05, 3.63) is 46.8 Å². The fourth-order valence-electron chi connectivity index (χ4n) is 3.83. The van der Waals surface area contributed by atoms with E-state index in [4.69, 9.17) is 4.74 Å². The lowest BCUT2D eigenvalue weighted by atomic mass is 9.91. The zero-order chi connectivity index (χ0) is 19.6. The van der Waals surface area contributed by atoms with E-state index in [2.05, 4.69) is 18.9 Å². The maximum absolute atomic E-state index is 13.0. The van der Waals surface area contributed by atoms with E-state index in [0.29, 0.717) is 17.5 Å². The number of piperidine rings is 1. The van der Waals surface area contributed by atoms with Gasteiger partial charge in [-0.15, -0.1) is 0 Å². The average Bonchev–Trinajstić information content (AvgIpc) is 2.66. The minimum absolute atomic E-state index is 0.0464. The fraction of sp³-hybridized carbons (Fsp3) is 0.476. The molecule has 144 valence electrons. The molecule has 1 aliphatic heterocycles. The number of carbonyl (C=O) groups is 1. The lowest BCUT2D eigenvalue weighted by Gasteiger charge is -2.36. The number of amides is 1. The highest BCUT2D eigenvalue weighted by Crippen LogP contribution is 2.24. The SMILES string of the molecule is COc1ccc(-c2ccc(=O)n(C(C)C(=O)N3CC(C)CC(C)C3)n2)cc1. The van der Waals surface area contributed by atoms with Crippen LogP contribution in [0.5, 0.6) is 5.75 Å². The summed E-state index contributed by atoms with van der Waals surface area (Å²) in [5, 5.41) is 4.47. The molecule has 0 radical (unpaired) electrons. The molecule has 1 amide bonds. The molecule has 6 heteroatoms. The monoisotopic (exact) mass is 369 g/mol. The Morgan fingerprint density at radius 2 is 1.74 bits per heavy atom. The van der Waals surface area contributed by atoms with Crippen molar-refractivity contribution >= 4 is 5.91 Å². The maximum atomic E-state index is 13.0. The lowest BCUT2D eigenvalue weighted by Crippen LogP contribution is -2.46. The van der Waals surface area contributed by atoms with Gasteiger partial charge in [-0.05, 0) is 55.5 Å². The van der Waals surface area contributed by atoms with Gasteiger partial charge in [-0.2, -0.15) is 5.10 Å². The van der Waals surface area contributed by atoms with Gasteiger partial charge in [0.2, 0.25) is 5.91 Å². The Bertz CT molecular complexity index is 850. The van der Waals surface area contributed by atoms with Crippen LogP contribution in [0, 0.1) is 11.8 Å². The first-order valence-electron chi connectivity index (χ1n) is 9.42. The van der Waals surface area contributed by atoms with Gasteiger partial charge < -0.3 is 9.64 Å². The zero-order valence-electron chi connectivity index (χ0n) is 16.4. The number of nitrogens with zero attached hydrogens (tertiary/aromatic N) is 3. The van der Waals surface area contributed by atoms with E-state index >= 15 is 0 Å². The summed E-state index contributed by atoms with van der Waals surface area (Å²) in [6, 6.07) is 9.98. The molecule has 0 aliphatic carbocycles. The van der Waals surface area contributed by atoms with Crippen LogP contribution >= 0.6 is 0 Å². The van der Waals surface area contributed by atoms with Crippen molar-refractivity contribution in [2.45, 2.75) is 33.2 Å². The Labute approximate surface area is 159 Å². The van der Waals surface area contributed by atoms with Crippen molar-refractivity contribution < 1.29 is 9.53 Å².